The number of carbonyl (C=O) groups excluding carboxylic acids is 3. The van der Waals surface area contributed by atoms with E-state index in [9.17, 15) is 19.5 Å². The van der Waals surface area contributed by atoms with Crippen LogP contribution in [0.25, 0.3) is 16.5 Å². The van der Waals surface area contributed by atoms with Crippen molar-refractivity contribution in [3.05, 3.63) is 40.0 Å². The zero-order chi connectivity index (χ0) is 27.9. The third-order valence-electron chi connectivity index (χ3n) is 7.28. The van der Waals surface area contributed by atoms with Gasteiger partial charge in [0.2, 0.25) is 5.91 Å². The number of nitrogens with one attached hydrogen (secondary N) is 1. The van der Waals surface area contributed by atoms with E-state index < -0.39 is 30.3 Å². The van der Waals surface area contributed by atoms with E-state index in [2.05, 4.69) is 32.2 Å². The maximum Gasteiger partial charge on any atom is 0.408 e. The molecule has 206 valence electrons. The number of likely N-dealkylation sites (N-methyl/N-ethyl adjacent to an activating group) is 1. The first-order valence-corrected chi connectivity index (χ1v) is 13.9. The van der Waals surface area contributed by atoms with Gasteiger partial charge in [0.1, 0.15) is 11.6 Å². The highest BCUT2D eigenvalue weighted by molar-refractivity contribution is 9.10. The average molecular weight is 590 g/mol. The monoisotopic (exact) mass is 588 g/mol. The minimum atomic E-state index is -1.19. The number of benzene rings is 1. The molecule has 0 fully saturated rings. The molecule has 0 unspecified atom stereocenters. The maximum absolute atomic E-state index is 13.7. The summed E-state index contributed by atoms with van der Waals surface area (Å²) >= 11 is 3.66. The van der Waals surface area contributed by atoms with Crippen molar-refractivity contribution in [2.24, 2.45) is 5.92 Å². The lowest BCUT2D eigenvalue weighted by atomic mass is 9.79. The highest BCUT2D eigenvalue weighted by Crippen LogP contribution is 2.45. The summed E-state index contributed by atoms with van der Waals surface area (Å²) in [7, 11) is 2.04. The van der Waals surface area contributed by atoms with Crippen LogP contribution >= 0.6 is 15.9 Å². The summed E-state index contributed by atoms with van der Waals surface area (Å²) in [6.45, 7) is 10.6. The summed E-state index contributed by atoms with van der Waals surface area (Å²) in [6.07, 6.45) is 1.99. The van der Waals surface area contributed by atoms with Gasteiger partial charge in [-0.25, -0.2) is 4.79 Å². The van der Waals surface area contributed by atoms with Gasteiger partial charge in [-0.3, -0.25) is 19.1 Å². The topological polar surface area (TPSA) is 104 Å². The van der Waals surface area contributed by atoms with Crippen molar-refractivity contribution in [3.63, 3.8) is 0 Å². The molecule has 1 aromatic carbocycles. The third kappa shape index (κ3) is 5.13. The molecule has 2 aromatic rings. The van der Waals surface area contributed by atoms with E-state index in [1.54, 1.807) is 20.8 Å². The number of amides is 2. The predicted octanol–water partition coefficient (Wildman–Crippen LogP) is 3.67. The van der Waals surface area contributed by atoms with E-state index in [0.29, 0.717) is 36.2 Å². The number of aliphatic hydroxyl groups is 1. The first kappa shape index (κ1) is 28.3. The molecule has 10 heteroatoms. The zero-order valence-corrected chi connectivity index (χ0v) is 24.5. The molecule has 4 rings (SSSR count). The van der Waals surface area contributed by atoms with E-state index in [-0.39, 0.29) is 17.9 Å². The lowest BCUT2D eigenvalue weighted by molar-refractivity contribution is -0.134. The van der Waals surface area contributed by atoms with Crippen LogP contribution in [0.15, 0.2) is 28.9 Å². The summed E-state index contributed by atoms with van der Waals surface area (Å²) in [5.41, 5.74) is 3.00. The summed E-state index contributed by atoms with van der Waals surface area (Å²) in [5, 5.41) is 13.4. The van der Waals surface area contributed by atoms with Crippen LogP contribution in [-0.4, -0.2) is 88.4 Å². The predicted molar refractivity (Wildman–Crippen MR) is 150 cm³/mol. The fourth-order valence-corrected chi connectivity index (χ4v) is 6.25. The summed E-state index contributed by atoms with van der Waals surface area (Å²) in [5.74, 6) is -0.592. The SMILES string of the molecule is CCN(CC)C(=O)[C@@H]1C=C2c3cccc4c3c(c(Br)n4C(=O)[C@H](CO)NC(=O)OC(C)(C)C)C[C@H]2N(C)C1. The molecular formula is C28H37BrN4O5. The third-order valence-corrected chi connectivity index (χ3v) is 8.11. The number of hydrogen-bond donors (Lipinski definition) is 2. The molecule has 0 radical (unpaired) electrons. The normalized spacial score (nSPS) is 19.9. The van der Waals surface area contributed by atoms with Crippen LogP contribution in [0, 0.1) is 5.92 Å². The Balaban J connectivity index is 1.76. The Morgan fingerprint density at radius 2 is 1.92 bits per heavy atom. The number of fused-ring (bicyclic) bond motifs is 2. The summed E-state index contributed by atoms with van der Waals surface area (Å²) in [4.78, 5) is 43.3. The molecule has 0 saturated heterocycles. The van der Waals surface area contributed by atoms with Crippen molar-refractivity contribution < 1.29 is 24.2 Å². The Hall–Kier alpha value is -2.69. The van der Waals surface area contributed by atoms with Gasteiger partial charge in [-0.15, -0.1) is 0 Å². The molecule has 2 heterocycles. The van der Waals surface area contributed by atoms with Crippen molar-refractivity contribution in [1.82, 2.24) is 19.7 Å². The Morgan fingerprint density at radius 1 is 1.24 bits per heavy atom. The number of hydrogen-bond acceptors (Lipinski definition) is 6. The molecule has 3 atom stereocenters. The molecule has 0 bridgehead atoms. The Morgan fingerprint density at radius 3 is 2.53 bits per heavy atom. The van der Waals surface area contributed by atoms with Gasteiger partial charge in [-0.2, -0.15) is 0 Å². The Kier molecular flexibility index (Phi) is 8.07. The lowest BCUT2D eigenvalue weighted by Crippen LogP contribution is -2.47. The Bertz CT molecular complexity index is 1290. The smallest absolute Gasteiger partial charge is 0.408 e. The highest BCUT2D eigenvalue weighted by atomic mass is 79.9. The van der Waals surface area contributed by atoms with E-state index in [4.69, 9.17) is 4.74 Å². The minimum Gasteiger partial charge on any atom is -0.444 e. The maximum atomic E-state index is 13.7. The van der Waals surface area contributed by atoms with Gasteiger partial charge >= 0.3 is 6.09 Å². The van der Waals surface area contributed by atoms with Crippen LogP contribution in [0.3, 0.4) is 0 Å². The molecule has 0 saturated carbocycles. The van der Waals surface area contributed by atoms with Gasteiger partial charge in [-0.1, -0.05) is 18.2 Å². The fraction of sp³-hybridized carbons (Fsp3) is 0.536. The summed E-state index contributed by atoms with van der Waals surface area (Å²) < 4.78 is 7.41. The van der Waals surface area contributed by atoms with Crippen LogP contribution in [-0.2, 0) is 16.0 Å². The first-order valence-electron chi connectivity index (χ1n) is 13.1. The van der Waals surface area contributed by atoms with Crippen molar-refractivity contribution in [3.8, 4) is 0 Å². The number of aliphatic hydroxyl groups excluding tert-OH is 1. The van der Waals surface area contributed by atoms with Gasteiger partial charge in [-0.05, 0) is 86.8 Å². The van der Waals surface area contributed by atoms with Crippen LogP contribution < -0.4 is 5.32 Å². The fourth-order valence-electron chi connectivity index (χ4n) is 5.52. The highest BCUT2D eigenvalue weighted by Gasteiger charge is 2.39. The van der Waals surface area contributed by atoms with Gasteiger partial charge in [0, 0.05) is 31.1 Å². The molecule has 9 nitrogen and oxygen atoms in total. The quantitative estimate of drug-likeness (QED) is 0.533. The second kappa shape index (κ2) is 10.8. The number of halogens is 1. The van der Waals surface area contributed by atoms with Crippen molar-refractivity contribution >= 4 is 50.3 Å². The number of carbonyl (C=O) groups is 3. The standard InChI is InChI=1S/C28H37BrN4O5/c1-7-32(8-2)25(35)16-12-18-17-10-9-11-21-23(17)19(13-22(18)31(6)14-16)24(29)33(21)26(36)20(15-34)30-27(37)38-28(3,4)5/h9-12,16,20,22,34H,7-8,13-15H2,1-6H3,(H,30,37)/t16-,20+,22-/m1/s1. The minimum absolute atomic E-state index is 0.0598. The van der Waals surface area contributed by atoms with Gasteiger partial charge in [0.15, 0.2) is 0 Å². The average Bonchev–Trinajstić information content (AvgIpc) is 3.14. The first-order chi connectivity index (χ1) is 17.9. The van der Waals surface area contributed by atoms with Gasteiger partial charge < -0.3 is 20.1 Å². The van der Waals surface area contributed by atoms with E-state index in [0.717, 1.165) is 22.1 Å². The number of aromatic nitrogens is 1. The Labute approximate surface area is 231 Å². The molecular weight excluding hydrogens is 552 g/mol. The number of nitrogens with zero attached hydrogens (tertiary/aromatic N) is 3. The molecule has 2 amide bonds. The second-order valence-electron chi connectivity index (χ2n) is 10.9. The molecule has 1 aromatic heterocycles. The van der Waals surface area contributed by atoms with Crippen LogP contribution in [0.4, 0.5) is 4.79 Å². The van der Waals surface area contributed by atoms with E-state index in [1.165, 1.54) is 4.57 Å². The van der Waals surface area contributed by atoms with Gasteiger partial charge in [0.05, 0.1) is 22.6 Å². The largest absolute Gasteiger partial charge is 0.444 e. The number of rotatable bonds is 6. The summed E-state index contributed by atoms with van der Waals surface area (Å²) in [6, 6.07) is 4.66. The van der Waals surface area contributed by atoms with Crippen molar-refractivity contribution in [2.75, 3.05) is 33.3 Å². The number of alkyl carbamates (subject to hydrolysis) is 1. The number of ether oxygens (including phenoxy) is 1. The van der Waals surface area contributed by atoms with E-state index >= 15 is 0 Å². The van der Waals surface area contributed by atoms with Gasteiger partial charge in [0.25, 0.3) is 5.91 Å². The van der Waals surface area contributed by atoms with Crippen LogP contribution in [0.5, 0.6) is 0 Å². The molecule has 2 aliphatic rings. The second-order valence-corrected chi connectivity index (χ2v) is 11.7. The zero-order valence-electron chi connectivity index (χ0n) is 22.9. The van der Waals surface area contributed by atoms with Crippen LogP contribution in [0.2, 0.25) is 0 Å². The molecule has 2 N–H and O–H groups in total. The molecule has 1 aliphatic heterocycles. The lowest BCUT2D eigenvalue weighted by Gasteiger charge is -2.40. The van der Waals surface area contributed by atoms with E-state index in [1.807, 2.05) is 44.0 Å². The van der Waals surface area contributed by atoms with Crippen molar-refractivity contribution in [1.29, 1.82) is 0 Å². The molecule has 0 spiro atoms. The molecule has 1 aliphatic carbocycles. The van der Waals surface area contributed by atoms with Crippen LogP contribution in [0.1, 0.15) is 50.5 Å². The van der Waals surface area contributed by atoms with Crippen molar-refractivity contribution in [2.45, 2.75) is 58.7 Å². The molecule has 38 heavy (non-hydrogen) atoms.